The van der Waals surface area contributed by atoms with Gasteiger partial charge in [-0.05, 0) is 31.3 Å². The van der Waals surface area contributed by atoms with Crippen LogP contribution in [0.2, 0.25) is 0 Å². The zero-order chi connectivity index (χ0) is 14.1. The highest BCUT2D eigenvalue weighted by Gasteiger charge is 2.19. The van der Waals surface area contributed by atoms with Gasteiger partial charge in [0.25, 0.3) is 0 Å². The van der Waals surface area contributed by atoms with Gasteiger partial charge in [-0.25, -0.2) is 4.98 Å². The summed E-state index contributed by atoms with van der Waals surface area (Å²) in [5.41, 5.74) is 2.57. The van der Waals surface area contributed by atoms with Gasteiger partial charge >= 0.3 is 0 Å². The highest BCUT2D eigenvalue weighted by Crippen LogP contribution is 2.29. The number of aryl methyl sites for hydroxylation is 2. The van der Waals surface area contributed by atoms with Gasteiger partial charge in [0.2, 0.25) is 0 Å². The van der Waals surface area contributed by atoms with Crippen LogP contribution in [-0.2, 0) is 6.42 Å². The molecule has 1 aliphatic heterocycles. The maximum absolute atomic E-state index is 4.98. The number of piperazine rings is 1. The van der Waals surface area contributed by atoms with E-state index in [-0.39, 0.29) is 0 Å². The number of pyridine rings is 1. The molecule has 0 spiro atoms. The number of rotatable bonds is 2. The fourth-order valence-corrected chi connectivity index (χ4v) is 3.04. The van der Waals surface area contributed by atoms with Gasteiger partial charge in [0, 0.05) is 37.3 Å². The Morgan fingerprint density at radius 1 is 1.05 bits per heavy atom. The van der Waals surface area contributed by atoms with Crippen molar-refractivity contribution in [3.63, 3.8) is 0 Å². The third-order valence-electron chi connectivity index (χ3n) is 4.38. The molecule has 0 saturated carbocycles. The van der Waals surface area contributed by atoms with Crippen molar-refractivity contribution in [3.8, 4) is 0 Å². The van der Waals surface area contributed by atoms with Gasteiger partial charge in [-0.15, -0.1) is 0 Å². The van der Waals surface area contributed by atoms with E-state index in [1.807, 2.05) is 0 Å². The van der Waals surface area contributed by atoms with Crippen LogP contribution in [0.25, 0.3) is 10.8 Å². The standard InChI is InChI=1S/C17H23N3/c1-4-16-13(2)14-7-5-6-8-15(14)17(18-16)20-11-9-19(3)10-12-20/h5-8H,4,9-12H2,1-3H3. The monoisotopic (exact) mass is 269 g/mol. The van der Waals surface area contributed by atoms with Crippen LogP contribution in [0.4, 0.5) is 5.82 Å². The highest BCUT2D eigenvalue weighted by atomic mass is 15.3. The molecule has 2 aromatic rings. The number of anilines is 1. The number of likely N-dealkylation sites (N-methyl/N-ethyl adjacent to an activating group) is 1. The van der Waals surface area contributed by atoms with Crippen molar-refractivity contribution in [2.75, 3.05) is 38.1 Å². The van der Waals surface area contributed by atoms with E-state index in [2.05, 4.69) is 55.0 Å². The minimum Gasteiger partial charge on any atom is -0.354 e. The van der Waals surface area contributed by atoms with Crippen LogP contribution in [0.1, 0.15) is 18.2 Å². The third kappa shape index (κ3) is 2.27. The molecule has 1 aliphatic rings. The summed E-state index contributed by atoms with van der Waals surface area (Å²) in [6, 6.07) is 8.69. The quantitative estimate of drug-likeness (QED) is 0.835. The molecule has 106 valence electrons. The highest BCUT2D eigenvalue weighted by molar-refractivity contribution is 5.95. The molecule has 0 atom stereocenters. The largest absolute Gasteiger partial charge is 0.354 e. The summed E-state index contributed by atoms with van der Waals surface area (Å²) in [4.78, 5) is 9.80. The van der Waals surface area contributed by atoms with Crippen LogP contribution in [0, 0.1) is 6.92 Å². The zero-order valence-corrected chi connectivity index (χ0v) is 12.7. The Labute approximate surface area is 121 Å². The summed E-state index contributed by atoms with van der Waals surface area (Å²) in [7, 11) is 2.19. The van der Waals surface area contributed by atoms with E-state index in [0.717, 1.165) is 32.6 Å². The van der Waals surface area contributed by atoms with Crippen LogP contribution in [0.3, 0.4) is 0 Å². The molecule has 0 unspecified atom stereocenters. The van der Waals surface area contributed by atoms with Crippen LogP contribution >= 0.6 is 0 Å². The van der Waals surface area contributed by atoms with Crippen molar-refractivity contribution in [2.45, 2.75) is 20.3 Å². The molecule has 1 aromatic heterocycles. The summed E-state index contributed by atoms with van der Waals surface area (Å²) >= 11 is 0. The summed E-state index contributed by atoms with van der Waals surface area (Å²) in [6.07, 6.45) is 0.997. The molecule has 1 aromatic carbocycles. The average Bonchev–Trinajstić information content (AvgIpc) is 2.49. The second-order valence-corrected chi connectivity index (χ2v) is 5.70. The van der Waals surface area contributed by atoms with Gasteiger partial charge in [0.05, 0.1) is 0 Å². The summed E-state index contributed by atoms with van der Waals surface area (Å²) in [5.74, 6) is 1.18. The Hall–Kier alpha value is -1.61. The summed E-state index contributed by atoms with van der Waals surface area (Å²) < 4.78 is 0. The van der Waals surface area contributed by atoms with Gasteiger partial charge in [-0.2, -0.15) is 0 Å². The molecule has 3 heteroatoms. The fraction of sp³-hybridized carbons (Fsp3) is 0.471. The minimum absolute atomic E-state index is 0.997. The first kappa shape index (κ1) is 13.4. The molecule has 3 nitrogen and oxygen atoms in total. The Balaban J connectivity index is 2.12. The number of fused-ring (bicyclic) bond motifs is 1. The van der Waals surface area contributed by atoms with E-state index in [4.69, 9.17) is 4.98 Å². The Morgan fingerprint density at radius 3 is 2.35 bits per heavy atom. The van der Waals surface area contributed by atoms with Gasteiger partial charge < -0.3 is 9.80 Å². The molecule has 0 N–H and O–H groups in total. The lowest BCUT2D eigenvalue weighted by Crippen LogP contribution is -2.45. The maximum atomic E-state index is 4.98. The number of aromatic nitrogens is 1. The lowest BCUT2D eigenvalue weighted by Gasteiger charge is -2.34. The molecule has 0 amide bonds. The lowest BCUT2D eigenvalue weighted by atomic mass is 10.0. The number of benzene rings is 1. The molecule has 3 rings (SSSR count). The van der Waals surface area contributed by atoms with Crippen molar-refractivity contribution in [1.82, 2.24) is 9.88 Å². The number of hydrogen-bond acceptors (Lipinski definition) is 3. The lowest BCUT2D eigenvalue weighted by molar-refractivity contribution is 0.312. The van der Waals surface area contributed by atoms with E-state index in [1.165, 1.54) is 27.8 Å². The van der Waals surface area contributed by atoms with Crippen LogP contribution in [0.5, 0.6) is 0 Å². The van der Waals surface area contributed by atoms with Gasteiger partial charge in [-0.1, -0.05) is 31.2 Å². The molecular weight excluding hydrogens is 246 g/mol. The molecule has 20 heavy (non-hydrogen) atoms. The molecule has 0 bridgehead atoms. The molecule has 1 saturated heterocycles. The first-order chi connectivity index (χ1) is 9.70. The summed E-state index contributed by atoms with van der Waals surface area (Å²) in [5, 5.41) is 2.65. The van der Waals surface area contributed by atoms with E-state index in [9.17, 15) is 0 Å². The smallest absolute Gasteiger partial charge is 0.136 e. The van der Waals surface area contributed by atoms with Gasteiger partial charge in [0.15, 0.2) is 0 Å². The van der Waals surface area contributed by atoms with E-state index < -0.39 is 0 Å². The van der Waals surface area contributed by atoms with Crippen molar-refractivity contribution < 1.29 is 0 Å². The normalized spacial score (nSPS) is 16.9. The number of hydrogen-bond donors (Lipinski definition) is 0. The Kier molecular flexibility index (Phi) is 3.62. The second kappa shape index (κ2) is 5.41. The SMILES string of the molecule is CCc1nc(N2CCN(C)CC2)c2ccccc2c1C. The first-order valence-electron chi connectivity index (χ1n) is 7.52. The van der Waals surface area contributed by atoms with Gasteiger partial charge in [0.1, 0.15) is 5.82 Å². The molecular formula is C17H23N3. The summed E-state index contributed by atoms with van der Waals surface area (Å²) in [6.45, 7) is 8.76. The van der Waals surface area contributed by atoms with Crippen molar-refractivity contribution in [3.05, 3.63) is 35.5 Å². The molecule has 0 radical (unpaired) electrons. The predicted octanol–water partition coefficient (Wildman–Crippen LogP) is 2.86. The predicted molar refractivity (Wildman–Crippen MR) is 85.6 cm³/mol. The van der Waals surface area contributed by atoms with E-state index in [1.54, 1.807) is 0 Å². The van der Waals surface area contributed by atoms with Crippen molar-refractivity contribution in [2.24, 2.45) is 0 Å². The van der Waals surface area contributed by atoms with Crippen LogP contribution in [0.15, 0.2) is 24.3 Å². The van der Waals surface area contributed by atoms with Crippen LogP contribution in [-0.4, -0.2) is 43.1 Å². The minimum atomic E-state index is 0.997. The van der Waals surface area contributed by atoms with E-state index in [0.29, 0.717) is 0 Å². The van der Waals surface area contributed by atoms with Crippen molar-refractivity contribution >= 4 is 16.6 Å². The second-order valence-electron chi connectivity index (χ2n) is 5.70. The van der Waals surface area contributed by atoms with Crippen molar-refractivity contribution in [1.29, 1.82) is 0 Å². The van der Waals surface area contributed by atoms with Gasteiger partial charge in [-0.3, -0.25) is 0 Å². The Bertz CT molecular complexity index is 613. The van der Waals surface area contributed by atoms with Crippen LogP contribution < -0.4 is 4.90 Å². The molecule has 2 heterocycles. The molecule has 0 aliphatic carbocycles. The maximum Gasteiger partial charge on any atom is 0.136 e. The first-order valence-corrected chi connectivity index (χ1v) is 7.52. The zero-order valence-electron chi connectivity index (χ0n) is 12.7. The van der Waals surface area contributed by atoms with E-state index >= 15 is 0 Å². The average molecular weight is 269 g/mol. The third-order valence-corrected chi connectivity index (χ3v) is 4.38. The molecule has 1 fully saturated rings. The Morgan fingerprint density at radius 2 is 1.70 bits per heavy atom. The topological polar surface area (TPSA) is 19.4 Å². The fourth-order valence-electron chi connectivity index (χ4n) is 3.04. The number of nitrogens with zero attached hydrogens (tertiary/aromatic N) is 3.